The number of para-hydroxylation sites is 1. The molecular formula is C15H9ClFN3O. The van der Waals surface area contributed by atoms with Crippen LogP contribution in [0, 0.1) is 5.82 Å². The summed E-state index contributed by atoms with van der Waals surface area (Å²) < 4.78 is 13.1. The van der Waals surface area contributed by atoms with Crippen molar-refractivity contribution in [3.05, 3.63) is 65.3 Å². The smallest absolute Gasteiger partial charge is 0.258 e. The van der Waals surface area contributed by atoms with Gasteiger partial charge in [-0.3, -0.25) is 9.78 Å². The lowest BCUT2D eigenvalue weighted by Gasteiger charge is -2.07. The monoisotopic (exact) mass is 301 g/mol. The molecule has 2 aromatic heterocycles. The molecule has 0 aliphatic heterocycles. The number of aromatic nitrogens is 2. The van der Waals surface area contributed by atoms with E-state index >= 15 is 0 Å². The Morgan fingerprint density at radius 3 is 2.81 bits per heavy atom. The maximum absolute atomic E-state index is 13.1. The minimum atomic E-state index is -0.624. The van der Waals surface area contributed by atoms with Crippen molar-refractivity contribution in [1.82, 2.24) is 9.97 Å². The number of benzene rings is 1. The second-order valence-electron chi connectivity index (χ2n) is 4.36. The Balaban J connectivity index is 1.90. The molecule has 4 nitrogen and oxygen atoms in total. The number of nitrogens with one attached hydrogen (secondary N) is 1. The molecule has 0 spiro atoms. The van der Waals surface area contributed by atoms with Gasteiger partial charge in [0.2, 0.25) is 0 Å². The van der Waals surface area contributed by atoms with Crippen molar-refractivity contribution >= 4 is 34.1 Å². The lowest BCUT2D eigenvalue weighted by atomic mass is 10.2. The Morgan fingerprint density at radius 1 is 1.14 bits per heavy atom. The number of anilines is 1. The standard InChI is InChI=1S/C15H9ClFN3O/c16-14-12(6-10(17)7-19-14)15(21)20-11-5-9-3-1-2-4-13(9)18-8-11/h1-8H,(H,20,21). The van der Waals surface area contributed by atoms with E-state index in [0.717, 1.165) is 23.2 Å². The topological polar surface area (TPSA) is 54.9 Å². The highest BCUT2D eigenvalue weighted by molar-refractivity contribution is 6.33. The van der Waals surface area contributed by atoms with E-state index in [1.807, 2.05) is 24.3 Å². The van der Waals surface area contributed by atoms with E-state index in [2.05, 4.69) is 15.3 Å². The maximum atomic E-state index is 13.1. The summed E-state index contributed by atoms with van der Waals surface area (Å²) in [7, 11) is 0. The van der Waals surface area contributed by atoms with Gasteiger partial charge in [-0.2, -0.15) is 0 Å². The Kier molecular flexibility index (Phi) is 3.50. The molecule has 3 aromatic rings. The highest BCUT2D eigenvalue weighted by Gasteiger charge is 2.13. The summed E-state index contributed by atoms with van der Waals surface area (Å²) in [6.45, 7) is 0. The van der Waals surface area contributed by atoms with Gasteiger partial charge in [-0.05, 0) is 18.2 Å². The van der Waals surface area contributed by atoms with E-state index < -0.39 is 11.7 Å². The predicted octanol–water partition coefficient (Wildman–Crippen LogP) is 3.67. The molecule has 0 aliphatic carbocycles. The van der Waals surface area contributed by atoms with Crippen LogP contribution < -0.4 is 5.32 Å². The molecule has 0 atom stereocenters. The molecule has 0 aliphatic rings. The molecule has 1 amide bonds. The average Bonchev–Trinajstić information content (AvgIpc) is 2.49. The Labute approximate surface area is 124 Å². The van der Waals surface area contributed by atoms with E-state index in [9.17, 15) is 9.18 Å². The zero-order valence-electron chi connectivity index (χ0n) is 10.7. The number of carbonyl (C=O) groups excluding carboxylic acids is 1. The summed E-state index contributed by atoms with van der Waals surface area (Å²) in [6, 6.07) is 10.3. The molecule has 21 heavy (non-hydrogen) atoms. The summed E-state index contributed by atoms with van der Waals surface area (Å²) in [5, 5.41) is 3.46. The largest absolute Gasteiger partial charge is 0.320 e. The van der Waals surface area contributed by atoms with Crippen LogP contribution in [0.15, 0.2) is 48.8 Å². The Morgan fingerprint density at radius 2 is 1.95 bits per heavy atom. The fraction of sp³-hybridized carbons (Fsp3) is 0. The first-order valence-electron chi connectivity index (χ1n) is 6.11. The van der Waals surface area contributed by atoms with Gasteiger partial charge in [0.15, 0.2) is 0 Å². The van der Waals surface area contributed by atoms with Gasteiger partial charge < -0.3 is 5.32 Å². The third-order valence-electron chi connectivity index (χ3n) is 2.90. The number of hydrogen-bond donors (Lipinski definition) is 1. The van der Waals surface area contributed by atoms with E-state index in [0.29, 0.717) is 5.69 Å². The van der Waals surface area contributed by atoms with Crippen molar-refractivity contribution in [2.45, 2.75) is 0 Å². The zero-order valence-corrected chi connectivity index (χ0v) is 11.4. The van der Waals surface area contributed by atoms with Crippen LogP contribution in [-0.4, -0.2) is 15.9 Å². The van der Waals surface area contributed by atoms with Crippen LogP contribution in [0.2, 0.25) is 5.15 Å². The molecule has 0 saturated heterocycles. The number of halogens is 2. The van der Waals surface area contributed by atoms with Crippen LogP contribution in [0.3, 0.4) is 0 Å². The Hall–Kier alpha value is -2.53. The summed E-state index contributed by atoms with van der Waals surface area (Å²) in [4.78, 5) is 19.9. The molecule has 0 bridgehead atoms. The van der Waals surface area contributed by atoms with Gasteiger partial charge in [0.1, 0.15) is 11.0 Å². The fourth-order valence-corrected chi connectivity index (χ4v) is 2.11. The van der Waals surface area contributed by atoms with Crippen LogP contribution in [0.5, 0.6) is 0 Å². The van der Waals surface area contributed by atoms with Gasteiger partial charge in [-0.25, -0.2) is 9.37 Å². The first-order valence-corrected chi connectivity index (χ1v) is 6.48. The van der Waals surface area contributed by atoms with Crippen molar-refractivity contribution in [2.75, 3.05) is 5.32 Å². The van der Waals surface area contributed by atoms with Crippen LogP contribution in [-0.2, 0) is 0 Å². The molecule has 6 heteroatoms. The highest BCUT2D eigenvalue weighted by atomic mass is 35.5. The predicted molar refractivity (Wildman–Crippen MR) is 78.9 cm³/mol. The van der Waals surface area contributed by atoms with Crippen molar-refractivity contribution < 1.29 is 9.18 Å². The number of pyridine rings is 2. The molecular weight excluding hydrogens is 293 g/mol. The maximum Gasteiger partial charge on any atom is 0.258 e. The lowest BCUT2D eigenvalue weighted by Crippen LogP contribution is -2.13. The van der Waals surface area contributed by atoms with Crippen LogP contribution in [0.4, 0.5) is 10.1 Å². The molecule has 0 radical (unpaired) electrons. The van der Waals surface area contributed by atoms with Crippen molar-refractivity contribution in [1.29, 1.82) is 0 Å². The zero-order chi connectivity index (χ0) is 14.8. The number of carbonyl (C=O) groups is 1. The third-order valence-corrected chi connectivity index (χ3v) is 3.20. The van der Waals surface area contributed by atoms with Crippen LogP contribution in [0.1, 0.15) is 10.4 Å². The van der Waals surface area contributed by atoms with E-state index in [1.165, 1.54) is 6.20 Å². The normalized spacial score (nSPS) is 10.6. The number of amides is 1. The van der Waals surface area contributed by atoms with Gasteiger partial charge >= 0.3 is 0 Å². The van der Waals surface area contributed by atoms with E-state index in [-0.39, 0.29) is 10.7 Å². The van der Waals surface area contributed by atoms with Gasteiger partial charge in [0.25, 0.3) is 5.91 Å². The number of hydrogen-bond acceptors (Lipinski definition) is 3. The van der Waals surface area contributed by atoms with E-state index in [4.69, 9.17) is 11.6 Å². The first kappa shape index (κ1) is 13.5. The second-order valence-corrected chi connectivity index (χ2v) is 4.72. The molecule has 0 fully saturated rings. The molecule has 2 heterocycles. The lowest BCUT2D eigenvalue weighted by molar-refractivity contribution is 0.102. The summed E-state index contributed by atoms with van der Waals surface area (Å²) in [5.74, 6) is -1.16. The van der Waals surface area contributed by atoms with Gasteiger partial charge in [0.05, 0.1) is 29.2 Å². The van der Waals surface area contributed by atoms with E-state index in [1.54, 1.807) is 6.07 Å². The molecule has 0 unspecified atom stereocenters. The van der Waals surface area contributed by atoms with Crippen LogP contribution in [0.25, 0.3) is 10.9 Å². The summed E-state index contributed by atoms with van der Waals surface area (Å²) >= 11 is 5.80. The molecule has 0 saturated carbocycles. The van der Waals surface area contributed by atoms with Gasteiger partial charge in [0, 0.05) is 5.39 Å². The third kappa shape index (κ3) is 2.83. The molecule has 104 valence electrons. The summed E-state index contributed by atoms with van der Waals surface area (Å²) in [6.07, 6.45) is 2.48. The first-order chi connectivity index (χ1) is 10.1. The van der Waals surface area contributed by atoms with Crippen molar-refractivity contribution in [2.24, 2.45) is 0 Å². The molecule has 1 N–H and O–H groups in total. The number of rotatable bonds is 2. The molecule has 1 aromatic carbocycles. The number of fused-ring (bicyclic) bond motifs is 1. The van der Waals surface area contributed by atoms with Crippen LogP contribution >= 0.6 is 11.6 Å². The van der Waals surface area contributed by atoms with Gasteiger partial charge in [-0.1, -0.05) is 29.8 Å². The van der Waals surface area contributed by atoms with Crippen molar-refractivity contribution in [3.63, 3.8) is 0 Å². The fourth-order valence-electron chi connectivity index (χ4n) is 1.92. The SMILES string of the molecule is O=C(Nc1cnc2ccccc2c1)c1cc(F)cnc1Cl. The second kappa shape index (κ2) is 5.46. The minimum Gasteiger partial charge on any atom is -0.320 e. The molecule has 3 rings (SSSR count). The van der Waals surface area contributed by atoms with Crippen molar-refractivity contribution in [3.8, 4) is 0 Å². The minimum absolute atomic E-state index is 0.0233. The van der Waals surface area contributed by atoms with Gasteiger partial charge in [-0.15, -0.1) is 0 Å². The highest BCUT2D eigenvalue weighted by Crippen LogP contribution is 2.19. The average molecular weight is 302 g/mol. The quantitative estimate of drug-likeness (QED) is 0.735. The number of nitrogens with zero attached hydrogens (tertiary/aromatic N) is 2. The Bertz CT molecular complexity index is 838. The summed E-state index contributed by atoms with van der Waals surface area (Å²) in [5.41, 5.74) is 1.30.